The van der Waals surface area contributed by atoms with E-state index in [0.29, 0.717) is 0 Å². The van der Waals surface area contributed by atoms with Gasteiger partial charge >= 0.3 is 0 Å². The first-order valence-corrected chi connectivity index (χ1v) is 7.20. The highest BCUT2D eigenvalue weighted by atomic mass is 16.5. The molecule has 21 heavy (non-hydrogen) atoms. The van der Waals surface area contributed by atoms with Gasteiger partial charge in [0.2, 0.25) is 0 Å². The van der Waals surface area contributed by atoms with Gasteiger partial charge in [-0.3, -0.25) is 0 Å². The number of benzene rings is 1. The van der Waals surface area contributed by atoms with Crippen molar-refractivity contribution in [2.24, 2.45) is 0 Å². The molecule has 0 amide bonds. The number of hydrogen-bond donors (Lipinski definition) is 1. The standard InChI is InChI=1S/C17H23NO3/c1-5-9-18-16(17-12(2)8-10-21-17)14-7-6-13(19-3)11-15(14)20-4/h6-8,10-11,16,18H,5,9H2,1-4H3. The maximum absolute atomic E-state index is 5.68. The summed E-state index contributed by atoms with van der Waals surface area (Å²) in [6.45, 7) is 5.10. The molecule has 4 heteroatoms. The minimum absolute atomic E-state index is 0.0270. The van der Waals surface area contributed by atoms with Crippen molar-refractivity contribution in [1.29, 1.82) is 0 Å². The fraction of sp³-hybridized carbons (Fsp3) is 0.412. The Balaban J connectivity index is 2.43. The van der Waals surface area contributed by atoms with Gasteiger partial charge in [0.05, 0.1) is 26.5 Å². The quantitative estimate of drug-likeness (QED) is 0.844. The topological polar surface area (TPSA) is 43.6 Å². The van der Waals surface area contributed by atoms with Crippen LogP contribution in [0.1, 0.15) is 36.3 Å². The molecule has 1 aromatic heterocycles. The minimum atomic E-state index is -0.0270. The smallest absolute Gasteiger partial charge is 0.128 e. The van der Waals surface area contributed by atoms with Crippen LogP contribution in [0.5, 0.6) is 11.5 Å². The molecular weight excluding hydrogens is 266 g/mol. The highest BCUT2D eigenvalue weighted by Crippen LogP contribution is 2.34. The lowest BCUT2D eigenvalue weighted by Gasteiger charge is -2.20. The second kappa shape index (κ2) is 7.18. The second-order valence-corrected chi connectivity index (χ2v) is 4.96. The Morgan fingerprint density at radius 3 is 2.57 bits per heavy atom. The van der Waals surface area contributed by atoms with Crippen molar-refractivity contribution in [3.05, 3.63) is 47.4 Å². The Labute approximate surface area is 126 Å². The lowest BCUT2D eigenvalue weighted by Crippen LogP contribution is -2.24. The summed E-state index contributed by atoms with van der Waals surface area (Å²) in [6, 6.07) is 7.81. The van der Waals surface area contributed by atoms with Crippen LogP contribution in [0.25, 0.3) is 0 Å². The zero-order chi connectivity index (χ0) is 15.2. The first-order chi connectivity index (χ1) is 10.2. The molecule has 114 valence electrons. The summed E-state index contributed by atoms with van der Waals surface area (Å²) >= 11 is 0. The van der Waals surface area contributed by atoms with Gasteiger partial charge in [0.1, 0.15) is 17.3 Å². The Morgan fingerprint density at radius 1 is 1.19 bits per heavy atom. The molecule has 0 saturated heterocycles. The van der Waals surface area contributed by atoms with E-state index in [0.717, 1.165) is 41.4 Å². The third-order valence-electron chi connectivity index (χ3n) is 3.51. The molecular formula is C17H23NO3. The van der Waals surface area contributed by atoms with Crippen LogP contribution in [-0.4, -0.2) is 20.8 Å². The molecule has 2 rings (SSSR count). The summed E-state index contributed by atoms with van der Waals surface area (Å²) in [5, 5.41) is 3.53. The van der Waals surface area contributed by atoms with E-state index >= 15 is 0 Å². The van der Waals surface area contributed by atoms with Gasteiger partial charge in [-0.15, -0.1) is 0 Å². The van der Waals surface area contributed by atoms with Gasteiger partial charge in [-0.2, -0.15) is 0 Å². The van der Waals surface area contributed by atoms with Gasteiger partial charge in [-0.05, 0) is 43.7 Å². The molecule has 0 saturated carbocycles. The van der Waals surface area contributed by atoms with Crippen molar-refractivity contribution >= 4 is 0 Å². The SMILES string of the molecule is CCCNC(c1ccc(OC)cc1OC)c1occc1C. The van der Waals surface area contributed by atoms with Crippen molar-refractivity contribution in [2.45, 2.75) is 26.3 Å². The molecule has 1 atom stereocenters. The summed E-state index contributed by atoms with van der Waals surface area (Å²) in [5.74, 6) is 2.49. The van der Waals surface area contributed by atoms with Crippen molar-refractivity contribution in [3.63, 3.8) is 0 Å². The van der Waals surface area contributed by atoms with Crippen LogP contribution >= 0.6 is 0 Å². The highest BCUT2D eigenvalue weighted by molar-refractivity contribution is 5.45. The van der Waals surface area contributed by atoms with Crippen molar-refractivity contribution in [2.75, 3.05) is 20.8 Å². The summed E-state index contributed by atoms with van der Waals surface area (Å²) in [4.78, 5) is 0. The Bertz CT molecular complexity index is 577. The number of hydrogen-bond acceptors (Lipinski definition) is 4. The highest BCUT2D eigenvalue weighted by Gasteiger charge is 2.22. The molecule has 1 unspecified atom stereocenters. The van der Waals surface area contributed by atoms with E-state index in [-0.39, 0.29) is 6.04 Å². The van der Waals surface area contributed by atoms with E-state index in [4.69, 9.17) is 13.9 Å². The van der Waals surface area contributed by atoms with Gasteiger partial charge in [-0.1, -0.05) is 6.92 Å². The Kier molecular flexibility index (Phi) is 5.28. The summed E-state index contributed by atoms with van der Waals surface area (Å²) < 4.78 is 16.5. The number of furan rings is 1. The molecule has 1 aromatic carbocycles. The van der Waals surface area contributed by atoms with E-state index < -0.39 is 0 Å². The average molecular weight is 289 g/mol. The third-order valence-corrected chi connectivity index (χ3v) is 3.51. The zero-order valence-electron chi connectivity index (χ0n) is 13.1. The molecule has 0 radical (unpaired) electrons. The molecule has 0 aliphatic rings. The number of nitrogens with one attached hydrogen (secondary N) is 1. The molecule has 0 bridgehead atoms. The molecule has 0 spiro atoms. The van der Waals surface area contributed by atoms with Gasteiger partial charge in [0, 0.05) is 11.6 Å². The van der Waals surface area contributed by atoms with E-state index in [1.807, 2.05) is 24.3 Å². The molecule has 1 heterocycles. The Hall–Kier alpha value is -1.94. The van der Waals surface area contributed by atoms with Gasteiger partial charge < -0.3 is 19.2 Å². The fourth-order valence-electron chi connectivity index (χ4n) is 2.37. The first-order valence-electron chi connectivity index (χ1n) is 7.20. The largest absolute Gasteiger partial charge is 0.497 e. The molecule has 0 aliphatic heterocycles. The van der Waals surface area contributed by atoms with Gasteiger partial charge in [0.15, 0.2) is 0 Å². The molecule has 0 aliphatic carbocycles. The lowest BCUT2D eigenvalue weighted by molar-refractivity contribution is 0.380. The molecule has 2 aromatic rings. The predicted molar refractivity (Wildman–Crippen MR) is 83.1 cm³/mol. The fourth-order valence-corrected chi connectivity index (χ4v) is 2.37. The van der Waals surface area contributed by atoms with Gasteiger partial charge in [-0.25, -0.2) is 0 Å². The summed E-state index contributed by atoms with van der Waals surface area (Å²) in [7, 11) is 3.32. The maximum atomic E-state index is 5.68. The zero-order valence-corrected chi connectivity index (χ0v) is 13.1. The van der Waals surface area contributed by atoms with Crippen molar-refractivity contribution < 1.29 is 13.9 Å². The average Bonchev–Trinajstić information content (AvgIpc) is 2.94. The summed E-state index contributed by atoms with van der Waals surface area (Å²) in [6.07, 6.45) is 2.77. The minimum Gasteiger partial charge on any atom is -0.497 e. The maximum Gasteiger partial charge on any atom is 0.128 e. The van der Waals surface area contributed by atoms with Crippen LogP contribution in [0.3, 0.4) is 0 Å². The van der Waals surface area contributed by atoms with Crippen LogP contribution < -0.4 is 14.8 Å². The van der Waals surface area contributed by atoms with Crippen LogP contribution in [-0.2, 0) is 0 Å². The van der Waals surface area contributed by atoms with Crippen LogP contribution in [0.4, 0.5) is 0 Å². The number of aryl methyl sites for hydroxylation is 1. The lowest BCUT2D eigenvalue weighted by atomic mass is 10.0. The second-order valence-electron chi connectivity index (χ2n) is 4.96. The van der Waals surface area contributed by atoms with Gasteiger partial charge in [0.25, 0.3) is 0 Å². The number of ether oxygens (including phenoxy) is 2. The molecule has 0 fully saturated rings. The van der Waals surface area contributed by atoms with E-state index in [1.54, 1.807) is 20.5 Å². The van der Waals surface area contributed by atoms with Crippen molar-refractivity contribution in [1.82, 2.24) is 5.32 Å². The molecule has 4 nitrogen and oxygen atoms in total. The van der Waals surface area contributed by atoms with Crippen LogP contribution in [0, 0.1) is 6.92 Å². The van der Waals surface area contributed by atoms with E-state index in [1.165, 1.54) is 0 Å². The Morgan fingerprint density at radius 2 is 2.00 bits per heavy atom. The first kappa shape index (κ1) is 15.4. The number of rotatable bonds is 7. The number of methoxy groups -OCH3 is 2. The van der Waals surface area contributed by atoms with E-state index in [2.05, 4.69) is 19.2 Å². The normalized spacial score (nSPS) is 12.2. The monoisotopic (exact) mass is 289 g/mol. The molecule has 1 N–H and O–H groups in total. The third kappa shape index (κ3) is 3.39. The van der Waals surface area contributed by atoms with Crippen molar-refractivity contribution in [3.8, 4) is 11.5 Å². The van der Waals surface area contributed by atoms with E-state index in [9.17, 15) is 0 Å². The van der Waals surface area contributed by atoms with Crippen LogP contribution in [0.2, 0.25) is 0 Å². The van der Waals surface area contributed by atoms with Crippen LogP contribution in [0.15, 0.2) is 34.9 Å². The summed E-state index contributed by atoms with van der Waals surface area (Å²) in [5.41, 5.74) is 2.17. The predicted octanol–water partition coefficient (Wildman–Crippen LogP) is 3.69.